The zero-order valence-corrected chi connectivity index (χ0v) is 35.4. The summed E-state index contributed by atoms with van der Waals surface area (Å²) in [6, 6.07) is 3.84. The van der Waals surface area contributed by atoms with Crippen LogP contribution in [0.15, 0.2) is 0 Å². The normalized spacial score (nSPS) is 10.7. The largest absolute Gasteiger partial charge is 0.469 e. The summed E-state index contributed by atoms with van der Waals surface area (Å²) >= 11 is 0. The highest BCUT2D eigenvalue weighted by Gasteiger charge is 2.44. The second-order valence-corrected chi connectivity index (χ2v) is 13.1. The third-order valence-corrected chi connectivity index (χ3v) is 9.82. The minimum Gasteiger partial charge on any atom is -0.469 e. The van der Waals surface area contributed by atoms with Gasteiger partial charge in [-0.2, -0.15) is 10.5 Å². The van der Waals surface area contributed by atoms with Crippen LogP contribution in [-0.4, -0.2) is 86.0 Å². The number of hydrogen-bond acceptors (Lipinski definition) is 16. The van der Waals surface area contributed by atoms with Gasteiger partial charge < -0.3 is 18.9 Å². The van der Waals surface area contributed by atoms with Crippen LogP contribution in [0.25, 0.3) is 0 Å². The monoisotopic (exact) mass is 806 g/mol. The summed E-state index contributed by atoms with van der Waals surface area (Å²) < 4.78 is 18.7. The lowest BCUT2D eigenvalue weighted by molar-refractivity contribution is -0.150. The molecule has 0 aromatic heterocycles. The topological polar surface area (TPSA) is 255 Å². The Morgan fingerprint density at radius 2 is 0.702 bits per heavy atom. The van der Waals surface area contributed by atoms with Gasteiger partial charge >= 0.3 is 23.9 Å². The van der Waals surface area contributed by atoms with Crippen molar-refractivity contribution >= 4 is 58.6 Å². The lowest BCUT2D eigenvalue weighted by atomic mass is 9.70. The average molecular weight is 807 g/mol. The van der Waals surface area contributed by atoms with Gasteiger partial charge in [0, 0.05) is 51.4 Å². The van der Waals surface area contributed by atoms with Crippen LogP contribution in [0, 0.1) is 38.9 Å². The van der Waals surface area contributed by atoms with Crippen molar-refractivity contribution in [2.45, 2.75) is 145 Å². The van der Waals surface area contributed by atoms with Gasteiger partial charge in [0.05, 0.1) is 55.8 Å². The first-order valence-corrected chi connectivity index (χ1v) is 19.0. The number of rotatable bonds is 26. The Morgan fingerprint density at radius 1 is 0.439 bits per heavy atom. The van der Waals surface area contributed by atoms with Crippen molar-refractivity contribution in [3.8, 4) is 12.1 Å². The number of nitrogens with zero attached hydrogens (tertiary/aromatic N) is 2. The fourth-order valence-electron chi connectivity index (χ4n) is 6.14. The van der Waals surface area contributed by atoms with E-state index in [4.69, 9.17) is 20.0 Å². The fraction of sp³-hybridized carbons (Fsp3) is 0.707. The van der Waals surface area contributed by atoms with E-state index in [9.17, 15) is 47.9 Å². The molecule has 0 spiro atoms. The molecule has 16 heteroatoms. The molecule has 0 bridgehead atoms. The maximum atomic E-state index is 12.3. The number of esters is 4. The third kappa shape index (κ3) is 19.5. The number of carbonyl (C=O) groups is 10. The maximum Gasteiger partial charge on any atom is 0.305 e. The zero-order chi connectivity index (χ0) is 44.8. The van der Waals surface area contributed by atoms with Crippen LogP contribution in [0.4, 0.5) is 0 Å². The van der Waals surface area contributed by atoms with Crippen LogP contribution < -0.4 is 0 Å². The molecule has 0 saturated heterocycles. The summed E-state index contributed by atoms with van der Waals surface area (Å²) in [6.07, 6.45) is 1.21. The number of nitriles is 2. The predicted octanol–water partition coefficient (Wildman–Crippen LogP) is 5.43. The molecule has 57 heavy (non-hydrogen) atoms. The van der Waals surface area contributed by atoms with Gasteiger partial charge in [0.2, 0.25) is 0 Å². The molecule has 0 rings (SSSR count). The van der Waals surface area contributed by atoms with E-state index in [0.29, 0.717) is 0 Å². The van der Waals surface area contributed by atoms with E-state index in [1.807, 2.05) is 12.1 Å². The number of hydrogen-bond donors (Lipinski definition) is 0. The minimum atomic E-state index is -1.32. The Labute approximate surface area is 336 Å². The van der Waals surface area contributed by atoms with E-state index in [0.717, 1.165) is 0 Å². The summed E-state index contributed by atoms with van der Waals surface area (Å²) in [5.74, 6) is -3.56. The van der Waals surface area contributed by atoms with Gasteiger partial charge in [0.25, 0.3) is 0 Å². The van der Waals surface area contributed by atoms with Crippen molar-refractivity contribution in [2.75, 3.05) is 27.4 Å². The molecule has 0 saturated carbocycles. The van der Waals surface area contributed by atoms with Gasteiger partial charge in [0.15, 0.2) is 0 Å². The fourth-order valence-corrected chi connectivity index (χ4v) is 6.14. The van der Waals surface area contributed by atoms with Crippen molar-refractivity contribution in [3.63, 3.8) is 0 Å². The van der Waals surface area contributed by atoms with Gasteiger partial charge in [-0.1, -0.05) is 13.8 Å². The minimum absolute atomic E-state index is 0.0319. The first-order chi connectivity index (χ1) is 26.7. The molecule has 0 aliphatic carbocycles. The van der Waals surface area contributed by atoms with Gasteiger partial charge in [-0.15, -0.1) is 0 Å². The predicted molar refractivity (Wildman–Crippen MR) is 205 cm³/mol. The smallest absolute Gasteiger partial charge is 0.305 e. The van der Waals surface area contributed by atoms with E-state index in [-0.39, 0.29) is 138 Å². The number of carbonyl (C=O) groups excluding carboxylic acids is 10. The van der Waals surface area contributed by atoms with Gasteiger partial charge in [-0.25, -0.2) is 0 Å². The highest BCUT2D eigenvalue weighted by molar-refractivity contribution is 6.07. The molecule has 16 nitrogen and oxygen atoms in total. The van der Waals surface area contributed by atoms with Crippen LogP contribution in [-0.2, 0) is 66.9 Å². The molecule has 0 amide bonds. The number of ether oxygens (including phenoxy) is 4. The molecule has 0 radical (unpaired) electrons. The van der Waals surface area contributed by atoms with Crippen LogP contribution in [0.5, 0.6) is 0 Å². The highest BCUT2D eigenvalue weighted by atomic mass is 16.5. The average Bonchev–Trinajstić information content (AvgIpc) is 3.17. The van der Waals surface area contributed by atoms with Crippen molar-refractivity contribution < 1.29 is 66.9 Å². The molecule has 0 N–H and O–H groups in total. The molecule has 320 valence electrons. The van der Waals surface area contributed by atoms with E-state index >= 15 is 0 Å². The Kier molecular flexibility index (Phi) is 29.7. The standard InChI is InChI=1S/2C15H24O6.C11H14N2O2/c1-5-11(16)15(12(17)6-2,9-7-13(18)20-3)10-8-14(19)21-4;1-5-20-13(18)7-9-15(11(3)16,12(4)17)10-8-14(19)21-6-2;1-9(14)11(10(2)15,5-3-7-12)6-4-8-13/h2*5-10H2,1-4H3;3-6H2,1-2H3. The third-order valence-electron chi connectivity index (χ3n) is 9.82. The van der Waals surface area contributed by atoms with E-state index < -0.39 is 40.1 Å². The lowest BCUT2D eigenvalue weighted by Gasteiger charge is -2.30. The zero-order valence-electron chi connectivity index (χ0n) is 35.4. The second kappa shape index (κ2) is 30.1. The second-order valence-electron chi connectivity index (χ2n) is 13.1. The van der Waals surface area contributed by atoms with E-state index in [1.165, 1.54) is 41.9 Å². The summed E-state index contributed by atoms with van der Waals surface area (Å²) in [5.41, 5.74) is -3.74. The Hall–Kier alpha value is -5.12. The molecule has 0 unspecified atom stereocenters. The molecule has 0 aliphatic heterocycles. The SMILES string of the molecule is CC(=O)C(CCC#N)(CCC#N)C(C)=O.CCC(=O)C(CCC(=O)OC)(CCC(=O)OC)C(=O)CC.CCOC(=O)CCC(CCC(=O)OCC)(C(C)=O)C(C)=O. The summed E-state index contributed by atoms with van der Waals surface area (Å²) in [6.45, 7) is 12.5. The molecule has 0 heterocycles. The molecule has 0 atom stereocenters. The van der Waals surface area contributed by atoms with Crippen molar-refractivity contribution in [2.24, 2.45) is 16.2 Å². The van der Waals surface area contributed by atoms with Gasteiger partial charge in [-0.05, 0) is 80.1 Å². The van der Waals surface area contributed by atoms with Crippen molar-refractivity contribution in [1.82, 2.24) is 0 Å². The van der Waals surface area contributed by atoms with Gasteiger partial charge in [0.1, 0.15) is 34.7 Å². The first-order valence-electron chi connectivity index (χ1n) is 19.0. The summed E-state index contributed by atoms with van der Waals surface area (Å²) in [4.78, 5) is 117. The van der Waals surface area contributed by atoms with Crippen LogP contribution in [0.2, 0.25) is 0 Å². The molecule has 0 fully saturated rings. The molecule has 0 aromatic carbocycles. The Balaban J connectivity index is -0.000000780. The molecule has 0 aromatic rings. The molecular weight excluding hydrogens is 744 g/mol. The van der Waals surface area contributed by atoms with Crippen LogP contribution >= 0.6 is 0 Å². The number of Topliss-reactive ketones (excluding diaryl/α,β-unsaturated/α-hetero) is 6. The van der Waals surface area contributed by atoms with E-state index in [2.05, 4.69) is 9.47 Å². The Bertz CT molecular complexity index is 1370. The van der Waals surface area contributed by atoms with E-state index in [1.54, 1.807) is 27.7 Å². The Morgan fingerprint density at radius 3 is 0.930 bits per heavy atom. The molecule has 0 aliphatic rings. The van der Waals surface area contributed by atoms with Gasteiger partial charge in [-0.3, -0.25) is 47.9 Å². The summed E-state index contributed by atoms with van der Waals surface area (Å²) in [5, 5.41) is 17.0. The number of methoxy groups -OCH3 is 2. The molecular formula is C41H62N2O14. The maximum absolute atomic E-state index is 12.3. The lowest BCUT2D eigenvalue weighted by Crippen LogP contribution is -2.40. The first kappa shape index (κ1) is 56.2. The quantitative estimate of drug-likeness (QED) is 0.0599. The van der Waals surface area contributed by atoms with Crippen LogP contribution in [0.1, 0.15) is 145 Å². The van der Waals surface area contributed by atoms with Crippen molar-refractivity contribution in [1.29, 1.82) is 10.5 Å². The van der Waals surface area contributed by atoms with Crippen molar-refractivity contribution in [3.05, 3.63) is 0 Å². The van der Waals surface area contributed by atoms with Crippen LogP contribution in [0.3, 0.4) is 0 Å². The summed E-state index contributed by atoms with van der Waals surface area (Å²) in [7, 11) is 2.50. The number of ketones is 6. The highest BCUT2D eigenvalue weighted by Crippen LogP contribution is 2.36.